The number of hydrogen-bond donors (Lipinski definition) is 0. The van der Waals surface area contributed by atoms with Crippen LogP contribution in [0, 0.1) is 13.8 Å². The molecule has 4 nitrogen and oxygen atoms in total. The third kappa shape index (κ3) is 2.72. The monoisotopic (exact) mass is 294 g/mol. The van der Waals surface area contributed by atoms with E-state index in [1.807, 2.05) is 56.3 Å². The molecule has 0 aliphatic carbocycles. The second-order valence-electron chi connectivity index (χ2n) is 5.33. The van der Waals surface area contributed by atoms with Gasteiger partial charge in [-0.25, -0.2) is 4.68 Å². The molecule has 0 fully saturated rings. The molecule has 0 saturated heterocycles. The van der Waals surface area contributed by atoms with E-state index >= 15 is 0 Å². The number of fused-ring (bicyclic) bond motifs is 1. The molecule has 3 aromatic rings. The highest BCUT2D eigenvalue weighted by molar-refractivity contribution is 5.80. The Morgan fingerprint density at radius 3 is 2.55 bits per heavy atom. The fourth-order valence-corrected chi connectivity index (χ4v) is 2.55. The molecule has 0 aliphatic rings. The first-order chi connectivity index (χ1) is 10.7. The molecule has 0 atom stereocenters. The van der Waals surface area contributed by atoms with Crippen LogP contribution in [0.25, 0.3) is 10.8 Å². The zero-order chi connectivity index (χ0) is 15.5. The Bertz CT molecular complexity index is 848. The van der Waals surface area contributed by atoms with E-state index in [2.05, 4.69) is 5.10 Å². The lowest BCUT2D eigenvalue weighted by Crippen LogP contribution is -2.25. The summed E-state index contributed by atoms with van der Waals surface area (Å²) in [7, 11) is 0. The van der Waals surface area contributed by atoms with E-state index in [0.717, 1.165) is 22.3 Å². The van der Waals surface area contributed by atoms with Gasteiger partial charge >= 0.3 is 0 Å². The van der Waals surface area contributed by atoms with Gasteiger partial charge in [-0.1, -0.05) is 36.4 Å². The molecule has 0 unspecified atom stereocenters. The molecule has 112 valence electrons. The third-order valence-corrected chi connectivity index (χ3v) is 3.72. The van der Waals surface area contributed by atoms with Crippen LogP contribution in [0.3, 0.4) is 0 Å². The molecule has 2 aromatic carbocycles. The standard InChI is InChI=1S/C18H18N2O2/c1-13-6-5-7-14(2)17(13)22-11-10-20-18(21)16-9-4-3-8-15(16)12-19-20/h3-9,12H,10-11H2,1-2H3. The predicted octanol–water partition coefficient (Wildman–Crippen LogP) is 3.09. The van der Waals surface area contributed by atoms with Crippen LogP contribution < -0.4 is 10.3 Å². The molecular formula is C18H18N2O2. The van der Waals surface area contributed by atoms with Crippen LogP contribution in [-0.4, -0.2) is 16.4 Å². The minimum atomic E-state index is -0.0804. The van der Waals surface area contributed by atoms with Crippen molar-refractivity contribution in [2.75, 3.05) is 6.61 Å². The minimum absolute atomic E-state index is 0.0804. The fraction of sp³-hybridized carbons (Fsp3) is 0.222. The van der Waals surface area contributed by atoms with Gasteiger partial charge in [0.1, 0.15) is 12.4 Å². The highest BCUT2D eigenvalue weighted by Crippen LogP contribution is 2.22. The molecular weight excluding hydrogens is 276 g/mol. The lowest BCUT2D eigenvalue weighted by atomic mass is 10.1. The minimum Gasteiger partial charge on any atom is -0.491 e. The first-order valence-corrected chi connectivity index (χ1v) is 7.30. The first-order valence-electron chi connectivity index (χ1n) is 7.30. The summed E-state index contributed by atoms with van der Waals surface area (Å²) in [5.41, 5.74) is 2.11. The largest absolute Gasteiger partial charge is 0.491 e. The quantitative estimate of drug-likeness (QED) is 0.742. The molecule has 0 aliphatic heterocycles. The van der Waals surface area contributed by atoms with Gasteiger partial charge in [0.2, 0.25) is 0 Å². The van der Waals surface area contributed by atoms with Crippen LogP contribution in [0.15, 0.2) is 53.5 Å². The smallest absolute Gasteiger partial charge is 0.274 e. The maximum absolute atomic E-state index is 12.3. The Hall–Kier alpha value is -2.62. The van der Waals surface area contributed by atoms with E-state index in [4.69, 9.17) is 4.74 Å². The Labute approximate surface area is 129 Å². The molecule has 0 bridgehead atoms. The summed E-state index contributed by atoms with van der Waals surface area (Å²) in [4.78, 5) is 12.3. The summed E-state index contributed by atoms with van der Waals surface area (Å²) in [6.07, 6.45) is 1.72. The second kappa shape index (κ2) is 6.02. The van der Waals surface area contributed by atoms with Crippen LogP contribution in [0.2, 0.25) is 0 Å². The van der Waals surface area contributed by atoms with Crippen molar-refractivity contribution < 1.29 is 4.74 Å². The Kier molecular flexibility index (Phi) is 3.92. The van der Waals surface area contributed by atoms with Crippen LogP contribution >= 0.6 is 0 Å². The van der Waals surface area contributed by atoms with Gasteiger partial charge in [0.05, 0.1) is 18.1 Å². The van der Waals surface area contributed by atoms with Gasteiger partial charge in [-0.3, -0.25) is 4.79 Å². The van der Waals surface area contributed by atoms with E-state index in [1.54, 1.807) is 6.20 Å². The van der Waals surface area contributed by atoms with Gasteiger partial charge in [0.25, 0.3) is 5.56 Å². The zero-order valence-electron chi connectivity index (χ0n) is 12.7. The topological polar surface area (TPSA) is 44.1 Å². The number of rotatable bonds is 4. The summed E-state index contributed by atoms with van der Waals surface area (Å²) >= 11 is 0. The van der Waals surface area contributed by atoms with Crippen molar-refractivity contribution in [3.63, 3.8) is 0 Å². The summed E-state index contributed by atoms with van der Waals surface area (Å²) in [5.74, 6) is 0.885. The number of nitrogens with zero attached hydrogens (tertiary/aromatic N) is 2. The third-order valence-electron chi connectivity index (χ3n) is 3.72. The van der Waals surface area contributed by atoms with Crippen molar-refractivity contribution in [1.82, 2.24) is 9.78 Å². The van der Waals surface area contributed by atoms with Crippen LogP contribution in [0.4, 0.5) is 0 Å². The highest BCUT2D eigenvalue weighted by Gasteiger charge is 2.06. The number of hydrogen-bond acceptors (Lipinski definition) is 3. The van der Waals surface area contributed by atoms with E-state index in [0.29, 0.717) is 18.5 Å². The van der Waals surface area contributed by atoms with Crippen molar-refractivity contribution in [3.8, 4) is 5.75 Å². The first kappa shape index (κ1) is 14.3. The lowest BCUT2D eigenvalue weighted by Gasteiger charge is -2.12. The average molecular weight is 294 g/mol. The fourth-order valence-electron chi connectivity index (χ4n) is 2.55. The van der Waals surface area contributed by atoms with Crippen molar-refractivity contribution in [2.45, 2.75) is 20.4 Å². The van der Waals surface area contributed by atoms with Gasteiger partial charge in [0, 0.05) is 5.39 Å². The Morgan fingerprint density at radius 2 is 1.77 bits per heavy atom. The highest BCUT2D eigenvalue weighted by atomic mass is 16.5. The number of para-hydroxylation sites is 1. The normalized spacial score (nSPS) is 10.8. The van der Waals surface area contributed by atoms with Gasteiger partial charge in [-0.05, 0) is 31.0 Å². The molecule has 0 saturated carbocycles. The summed E-state index contributed by atoms with van der Waals surface area (Å²) < 4.78 is 7.29. The number of ether oxygens (including phenoxy) is 1. The average Bonchev–Trinajstić information content (AvgIpc) is 2.52. The van der Waals surface area contributed by atoms with E-state index in [-0.39, 0.29) is 5.56 Å². The zero-order valence-corrected chi connectivity index (χ0v) is 12.7. The number of aryl methyl sites for hydroxylation is 2. The van der Waals surface area contributed by atoms with Gasteiger partial charge in [-0.15, -0.1) is 0 Å². The summed E-state index contributed by atoms with van der Waals surface area (Å²) in [6.45, 7) is 4.87. The Balaban J connectivity index is 1.77. The maximum atomic E-state index is 12.3. The van der Waals surface area contributed by atoms with E-state index in [9.17, 15) is 4.79 Å². The predicted molar refractivity (Wildman–Crippen MR) is 87.4 cm³/mol. The summed E-state index contributed by atoms with van der Waals surface area (Å²) in [6, 6.07) is 13.5. The van der Waals surface area contributed by atoms with E-state index < -0.39 is 0 Å². The molecule has 0 spiro atoms. The molecule has 22 heavy (non-hydrogen) atoms. The molecule has 3 rings (SSSR count). The van der Waals surface area contributed by atoms with E-state index in [1.165, 1.54) is 4.68 Å². The second-order valence-corrected chi connectivity index (χ2v) is 5.33. The molecule has 1 heterocycles. The molecule has 0 radical (unpaired) electrons. The number of benzene rings is 2. The molecule has 4 heteroatoms. The van der Waals surface area contributed by atoms with Crippen molar-refractivity contribution in [2.24, 2.45) is 0 Å². The molecule has 0 N–H and O–H groups in total. The molecule has 0 amide bonds. The van der Waals surface area contributed by atoms with Crippen LogP contribution in [-0.2, 0) is 6.54 Å². The number of aromatic nitrogens is 2. The van der Waals surface area contributed by atoms with Crippen molar-refractivity contribution >= 4 is 10.8 Å². The lowest BCUT2D eigenvalue weighted by molar-refractivity contribution is 0.285. The maximum Gasteiger partial charge on any atom is 0.274 e. The van der Waals surface area contributed by atoms with Crippen molar-refractivity contribution in [3.05, 3.63) is 70.1 Å². The Morgan fingerprint density at radius 1 is 1.05 bits per heavy atom. The van der Waals surface area contributed by atoms with Gasteiger partial charge in [-0.2, -0.15) is 5.10 Å². The van der Waals surface area contributed by atoms with Crippen molar-refractivity contribution in [1.29, 1.82) is 0 Å². The molecule has 1 aromatic heterocycles. The summed E-state index contributed by atoms with van der Waals surface area (Å²) in [5, 5.41) is 5.75. The van der Waals surface area contributed by atoms with Gasteiger partial charge < -0.3 is 4.74 Å². The van der Waals surface area contributed by atoms with Crippen LogP contribution in [0.5, 0.6) is 5.75 Å². The van der Waals surface area contributed by atoms with Crippen LogP contribution in [0.1, 0.15) is 11.1 Å². The van der Waals surface area contributed by atoms with Gasteiger partial charge in [0.15, 0.2) is 0 Å². The SMILES string of the molecule is Cc1cccc(C)c1OCCn1ncc2ccccc2c1=O.